The highest BCUT2D eigenvalue weighted by Crippen LogP contribution is 2.18. The number of amides is 2. The van der Waals surface area contributed by atoms with Crippen LogP contribution in [-0.4, -0.2) is 64.3 Å². The molecule has 7 nitrogen and oxygen atoms in total. The minimum absolute atomic E-state index is 0.0697. The Hall–Kier alpha value is -2.87. The van der Waals surface area contributed by atoms with E-state index >= 15 is 0 Å². The highest BCUT2D eigenvalue weighted by atomic mass is 19.1. The number of anilines is 1. The fourth-order valence-electron chi connectivity index (χ4n) is 3.18. The fourth-order valence-corrected chi connectivity index (χ4v) is 3.18. The third-order valence-electron chi connectivity index (χ3n) is 4.68. The molecule has 2 heterocycles. The summed E-state index contributed by atoms with van der Waals surface area (Å²) < 4.78 is 12.9. The number of aromatic nitrogens is 2. The first-order valence-corrected chi connectivity index (χ1v) is 9.31. The van der Waals surface area contributed by atoms with Crippen LogP contribution in [0.3, 0.4) is 0 Å². The number of nitrogens with one attached hydrogen (secondary N) is 1. The number of hydrogen-bond donors (Lipinski definition) is 1. The molecule has 1 fully saturated rings. The summed E-state index contributed by atoms with van der Waals surface area (Å²) in [5.41, 5.74) is 1.85. The van der Waals surface area contributed by atoms with Gasteiger partial charge < -0.3 is 10.2 Å². The Morgan fingerprint density at radius 3 is 2.46 bits per heavy atom. The maximum absolute atomic E-state index is 12.9. The van der Waals surface area contributed by atoms with Crippen molar-refractivity contribution in [2.75, 3.05) is 38.0 Å². The minimum atomic E-state index is -0.344. The van der Waals surface area contributed by atoms with Crippen LogP contribution in [0.1, 0.15) is 35.8 Å². The van der Waals surface area contributed by atoms with Crippen LogP contribution in [0.5, 0.6) is 0 Å². The molecule has 1 aliphatic heterocycles. The Bertz CT molecular complexity index is 833. The third kappa shape index (κ3) is 4.89. The number of benzene rings is 1. The molecule has 1 aromatic heterocycles. The van der Waals surface area contributed by atoms with Gasteiger partial charge in [0, 0.05) is 38.1 Å². The van der Waals surface area contributed by atoms with Gasteiger partial charge in [-0.25, -0.2) is 14.4 Å². The molecular formula is C20H24FN5O2. The molecule has 1 saturated heterocycles. The van der Waals surface area contributed by atoms with Gasteiger partial charge in [0.2, 0.25) is 5.91 Å². The van der Waals surface area contributed by atoms with Crippen LogP contribution in [0.4, 0.5) is 10.1 Å². The molecule has 0 aliphatic carbocycles. The van der Waals surface area contributed by atoms with E-state index < -0.39 is 0 Å². The Kier molecular flexibility index (Phi) is 6.30. The van der Waals surface area contributed by atoms with Crippen LogP contribution >= 0.6 is 0 Å². The van der Waals surface area contributed by atoms with E-state index in [0.717, 1.165) is 5.69 Å². The molecule has 1 aromatic carbocycles. The molecular weight excluding hydrogens is 361 g/mol. The van der Waals surface area contributed by atoms with Crippen molar-refractivity contribution in [3.63, 3.8) is 0 Å². The van der Waals surface area contributed by atoms with Gasteiger partial charge in [0.1, 0.15) is 12.1 Å². The van der Waals surface area contributed by atoms with Crippen LogP contribution in [0, 0.1) is 5.82 Å². The number of halogens is 1. The largest absolute Gasteiger partial charge is 0.336 e. The quantitative estimate of drug-likeness (QED) is 0.853. The predicted molar refractivity (Wildman–Crippen MR) is 103 cm³/mol. The molecule has 28 heavy (non-hydrogen) atoms. The van der Waals surface area contributed by atoms with Crippen molar-refractivity contribution in [2.24, 2.45) is 0 Å². The monoisotopic (exact) mass is 385 g/mol. The van der Waals surface area contributed by atoms with Crippen molar-refractivity contribution >= 4 is 17.5 Å². The van der Waals surface area contributed by atoms with Crippen molar-refractivity contribution < 1.29 is 14.0 Å². The van der Waals surface area contributed by atoms with Crippen LogP contribution in [0.25, 0.3) is 0 Å². The van der Waals surface area contributed by atoms with Gasteiger partial charge in [-0.15, -0.1) is 0 Å². The lowest BCUT2D eigenvalue weighted by atomic mass is 10.0. The first-order valence-electron chi connectivity index (χ1n) is 9.31. The Balaban J connectivity index is 1.52. The van der Waals surface area contributed by atoms with Crippen molar-refractivity contribution in [3.05, 3.63) is 53.9 Å². The zero-order valence-electron chi connectivity index (χ0n) is 16.1. The van der Waals surface area contributed by atoms with Crippen molar-refractivity contribution in [1.82, 2.24) is 19.8 Å². The second kappa shape index (κ2) is 8.88. The molecule has 1 aliphatic rings. The molecule has 2 amide bonds. The van der Waals surface area contributed by atoms with Crippen LogP contribution < -0.4 is 5.32 Å². The zero-order valence-corrected chi connectivity index (χ0v) is 16.1. The first kappa shape index (κ1) is 19.9. The van der Waals surface area contributed by atoms with E-state index in [1.54, 1.807) is 11.1 Å². The van der Waals surface area contributed by atoms with E-state index in [4.69, 9.17) is 0 Å². The van der Waals surface area contributed by atoms with Gasteiger partial charge in [-0.05, 0) is 30.2 Å². The van der Waals surface area contributed by atoms with Crippen molar-refractivity contribution in [1.29, 1.82) is 0 Å². The normalized spacial score (nSPS) is 14.9. The van der Waals surface area contributed by atoms with Crippen molar-refractivity contribution in [3.8, 4) is 0 Å². The van der Waals surface area contributed by atoms with Crippen LogP contribution in [0.2, 0.25) is 0 Å². The van der Waals surface area contributed by atoms with E-state index in [1.807, 2.05) is 18.7 Å². The van der Waals surface area contributed by atoms with Crippen molar-refractivity contribution in [2.45, 2.75) is 19.8 Å². The lowest BCUT2D eigenvalue weighted by Crippen LogP contribution is -2.50. The molecule has 0 saturated carbocycles. The molecule has 0 radical (unpaired) electrons. The van der Waals surface area contributed by atoms with E-state index in [0.29, 0.717) is 37.4 Å². The molecule has 0 atom stereocenters. The molecule has 0 spiro atoms. The Morgan fingerprint density at radius 1 is 1.14 bits per heavy atom. The maximum atomic E-state index is 12.9. The number of rotatable bonds is 5. The lowest BCUT2D eigenvalue weighted by Gasteiger charge is -2.34. The van der Waals surface area contributed by atoms with Gasteiger partial charge in [0.05, 0.1) is 17.8 Å². The van der Waals surface area contributed by atoms with Crippen LogP contribution in [-0.2, 0) is 4.79 Å². The smallest absolute Gasteiger partial charge is 0.257 e. The lowest BCUT2D eigenvalue weighted by molar-refractivity contribution is -0.117. The van der Waals surface area contributed by atoms with E-state index in [9.17, 15) is 14.0 Å². The average Bonchev–Trinajstić information content (AvgIpc) is 2.69. The summed E-state index contributed by atoms with van der Waals surface area (Å²) in [6.07, 6.45) is 3.04. The summed E-state index contributed by atoms with van der Waals surface area (Å²) in [6, 6.07) is 5.66. The molecule has 148 valence electrons. The third-order valence-corrected chi connectivity index (χ3v) is 4.68. The van der Waals surface area contributed by atoms with Crippen LogP contribution in [0.15, 0.2) is 36.8 Å². The fraction of sp³-hybridized carbons (Fsp3) is 0.400. The highest BCUT2D eigenvalue weighted by molar-refractivity contribution is 5.95. The van der Waals surface area contributed by atoms with Gasteiger partial charge in [-0.1, -0.05) is 13.8 Å². The van der Waals surface area contributed by atoms with Gasteiger partial charge >= 0.3 is 0 Å². The summed E-state index contributed by atoms with van der Waals surface area (Å²) in [4.78, 5) is 37.0. The standard InChI is InChI=1S/C20H24FN5O2/c1-14(2)19-17(11-22-13-23-19)20(28)26-9-7-25(8-10-26)12-18(27)24-16-5-3-15(21)4-6-16/h3-6,11,13-14H,7-10,12H2,1-2H3,(H,24,27). The van der Waals surface area contributed by atoms with Gasteiger partial charge in [0.25, 0.3) is 5.91 Å². The summed E-state index contributed by atoms with van der Waals surface area (Å²) in [7, 11) is 0. The number of hydrogen-bond acceptors (Lipinski definition) is 5. The SMILES string of the molecule is CC(C)c1ncncc1C(=O)N1CCN(CC(=O)Nc2ccc(F)cc2)CC1. The summed E-state index contributed by atoms with van der Waals surface area (Å²) in [6.45, 7) is 6.50. The predicted octanol–water partition coefficient (Wildman–Crippen LogP) is 2.14. The maximum Gasteiger partial charge on any atom is 0.257 e. The second-order valence-corrected chi connectivity index (χ2v) is 7.10. The van der Waals surface area contributed by atoms with Gasteiger partial charge in [0.15, 0.2) is 0 Å². The Morgan fingerprint density at radius 2 is 1.82 bits per heavy atom. The van der Waals surface area contributed by atoms with E-state index in [-0.39, 0.29) is 30.1 Å². The van der Waals surface area contributed by atoms with E-state index in [2.05, 4.69) is 15.3 Å². The summed E-state index contributed by atoms with van der Waals surface area (Å²) >= 11 is 0. The summed E-state index contributed by atoms with van der Waals surface area (Å²) in [5.74, 6) is -0.439. The summed E-state index contributed by atoms with van der Waals surface area (Å²) in [5, 5.41) is 2.75. The average molecular weight is 385 g/mol. The van der Waals surface area contributed by atoms with E-state index in [1.165, 1.54) is 30.6 Å². The second-order valence-electron chi connectivity index (χ2n) is 7.10. The minimum Gasteiger partial charge on any atom is -0.336 e. The molecule has 8 heteroatoms. The molecule has 1 N–H and O–H groups in total. The van der Waals surface area contributed by atoms with Gasteiger partial charge in [-0.3, -0.25) is 14.5 Å². The first-order chi connectivity index (χ1) is 13.4. The number of piperazine rings is 1. The Labute approximate surface area is 163 Å². The molecule has 0 bridgehead atoms. The number of nitrogens with zero attached hydrogens (tertiary/aromatic N) is 4. The zero-order chi connectivity index (χ0) is 20.1. The molecule has 2 aromatic rings. The highest BCUT2D eigenvalue weighted by Gasteiger charge is 2.26. The molecule has 0 unspecified atom stereocenters. The number of carbonyl (C=O) groups is 2. The van der Waals surface area contributed by atoms with Gasteiger partial charge in [-0.2, -0.15) is 0 Å². The topological polar surface area (TPSA) is 78.4 Å². The number of carbonyl (C=O) groups excluding carboxylic acids is 2. The molecule has 3 rings (SSSR count).